The predicted molar refractivity (Wildman–Crippen MR) is 117 cm³/mol. The van der Waals surface area contributed by atoms with Crippen molar-refractivity contribution in [2.75, 3.05) is 5.75 Å². The summed E-state index contributed by atoms with van der Waals surface area (Å²) < 4.78 is 5.78. The molecule has 3 aromatic heterocycles. The molecule has 0 saturated carbocycles. The first kappa shape index (κ1) is 18.7. The maximum Gasteiger partial charge on any atom is 0.193 e. The van der Waals surface area contributed by atoms with Gasteiger partial charge in [-0.05, 0) is 42.5 Å². The molecule has 0 bridgehead atoms. The lowest BCUT2D eigenvalue weighted by atomic mass is 10.1. The first-order chi connectivity index (χ1) is 14.7. The van der Waals surface area contributed by atoms with E-state index in [9.17, 15) is 4.79 Å². The molecule has 0 aliphatic carbocycles. The number of carbonyl (C=O) groups excluding carboxylic acids is 1. The van der Waals surface area contributed by atoms with Crippen molar-refractivity contribution in [3.05, 3.63) is 71.6 Å². The van der Waals surface area contributed by atoms with Gasteiger partial charge in [0.05, 0.1) is 28.5 Å². The number of thioether (sulfide) groups is 1. The van der Waals surface area contributed by atoms with Crippen molar-refractivity contribution in [2.45, 2.75) is 5.16 Å². The summed E-state index contributed by atoms with van der Waals surface area (Å²) in [5.74, 6) is 1.39. The number of hydrogen-bond donors (Lipinski definition) is 2. The SMILES string of the molecule is O=C(CSc1nc2cc(Cl)ccc2[nH]1)c1n[nH]c2cc(Oc3cccnc3)ccc12. The number of nitrogens with one attached hydrogen (secondary N) is 2. The molecule has 0 unspecified atom stereocenters. The van der Waals surface area contributed by atoms with Crippen LogP contribution < -0.4 is 4.74 Å². The topological polar surface area (TPSA) is 96.6 Å². The number of ether oxygens (including phenoxy) is 1. The van der Waals surface area contributed by atoms with Crippen LogP contribution in [0.4, 0.5) is 0 Å². The summed E-state index contributed by atoms with van der Waals surface area (Å²) in [4.78, 5) is 24.4. The molecule has 0 aliphatic heterocycles. The number of pyridine rings is 1. The number of fused-ring (bicyclic) bond motifs is 2. The summed E-state index contributed by atoms with van der Waals surface area (Å²) in [6.45, 7) is 0. The Morgan fingerprint density at radius 2 is 2.03 bits per heavy atom. The van der Waals surface area contributed by atoms with Gasteiger partial charge in [-0.15, -0.1) is 0 Å². The molecular weight excluding hydrogens is 422 g/mol. The molecule has 0 spiro atoms. The van der Waals surface area contributed by atoms with E-state index in [-0.39, 0.29) is 11.5 Å². The maximum atomic E-state index is 12.7. The van der Waals surface area contributed by atoms with Gasteiger partial charge in [-0.1, -0.05) is 23.4 Å². The van der Waals surface area contributed by atoms with Crippen molar-refractivity contribution in [3.8, 4) is 11.5 Å². The Kier molecular flexibility index (Phi) is 4.86. The number of nitrogens with zero attached hydrogens (tertiary/aromatic N) is 3. The number of halogens is 1. The van der Waals surface area contributed by atoms with Crippen LogP contribution in [0.15, 0.2) is 66.1 Å². The fourth-order valence-electron chi connectivity index (χ4n) is 3.04. The van der Waals surface area contributed by atoms with Crippen molar-refractivity contribution < 1.29 is 9.53 Å². The number of imidazole rings is 1. The summed E-state index contributed by atoms with van der Waals surface area (Å²) in [5.41, 5.74) is 2.76. The van der Waals surface area contributed by atoms with Crippen LogP contribution in [0.5, 0.6) is 11.5 Å². The van der Waals surface area contributed by atoms with E-state index < -0.39 is 0 Å². The van der Waals surface area contributed by atoms with E-state index in [0.29, 0.717) is 27.4 Å². The number of carbonyl (C=O) groups is 1. The Labute approximate surface area is 179 Å². The van der Waals surface area contributed by atoms with Gasteiger partial charge in [0.15, 0.2) is 10.9 Å². The standard InChI is InChI=1S/C21H14ClN5O2S/c22-12-3-6-16-18(8-12)25-21(24-16)30-11-19(28)20-15-5-4-13(9-17(15)26-27-20)29-14-2-1-7-23-10-14/h1-10H,11H2,(H,24,25)(H,26,27). The van der Waals surface area contributed by atoms with Crippen LogP contribution in [-0.4, -0.2) is 36.7 Å². The van der Waals surface area contributed by atoms with Crippen LogP contribution in [-0.2, 0) is 0 Å². The van der Waals surface area contributed by atoms with Crippen LogP contribution in [0.3, 0.4) is 0 Å². The molecule has 9 heteroatoms. The number of rotatable bonds is 6. The van der Waals surface area contributed by atoms with Gasteiger partial charge in [0, 0.05) is 22.7 Å². The van der Waals surface area contributed by atoms with Gasteiger partial charge in [-0.2, -0.15) is 5.10 Å². The van der Waals surface area contributed by atoms with Crippen molar-refractivity contribution in [3.63, 3.8) is 0 Å². The Morgan fingerprint density at radius 3 is 2.90 bits per heavy atom. The molecule has 0 amide bonds. The highest BCUT2D eigenvalue weighted by Crippen LogP contribution is 2.27. The number of H-pyrrole nitrogens is 2. The number of hydrogen-bond acceptors (Lipinski definition) is 6. The molecule has 0 aliphatic rings. The maximum absolute atomic E-state index is 12.7. The van der Waals surface area contributed by atoms with Gasteiger partial charge in [0.1, 0.15) is 17.2 Å². The first-order valence-corrected chi connectivity index (χ1v) is 10.4. The second-order valence-electron chi connectivity index (χ2n) is 6.49. The third kappa shape index (κ3) is 3.74. The van der Waals surface area contributed by atoms with Crippen LogP contribution in [0.1, 0.15) is 10.5 Å². The molecule has 5 aromatic rings. The molecule has 148 valence electrons. The average Bonchev–Trinajstić information content (AvgIpc) is 3.36. The van der Waals surface area contributed by atoms with Crippen molar-refractivity contribution >= 4 is 51.1 Å². The summed E-state index contributed by atoms with van der Waals surface area (Å²) in [7, 11) is 0. The molecule has 5 rings (SSSR count). The van der Waals surface area contributed by atoms with Gasteiger partial charge in [-0.3, -0.25) is 14.9 Å². The molecule has 3 heterocycles. The summed E-state index contributed by atoms with van der Waals surface area (Å²) in [6, 6.07) is 14.5. The lowest BCUT2D eigenvalue weighted by molar-refractivity contribution is 0.101. The molecule has 0 radical (unpaired) electrons. The van der Waals surface area contributed by atoms with E-state index in [0.717, 1.165) is 21.9 Å². The van der Waals surface area contributed by atoms with E-state index in [1.54, 1.807) is 36.7 Å². The normalized spacial score (nSPS) is 11.2. The molecule has 2 aromatic carbocycles. The highest BCUT2D eigenvalue weighted by atomic mass is 35.5. The van der Waals surface area contributed by atoms with Gasteiger partial charge >= 0.3 is 0 Å². The quantitative estimate of drug-likeness (QED) is 0.279. The second-order valence-corrected chi connectivity index (χ2v) is 7.89. The van der Waals surface area contributed by atoms with Gasteiger partial charge in [-0.25, -0.2) is 4.98 Å². The smallest absolute Gasteiger partial charge is 0.193 e. The fraction of sp³-hybridized carbons (Fsp3) is 0.0476. The monoisotopic (exact) mass is 435 g/mol. The number of aromatic nitrogens is 5. The van der Waals surface area contributed by atoms with Gasteiger partial charge < -0.3 is 9.72 Å². The van der Waals surface area contributed by atoms with E-state index in [4.69, 9.17) is 16.3 Å². The largest absolute Gasteiger partial charge is 0.456 e. The minimum Gasteiger partial charge on any atom is -0.456 e. The van der Waals surface area contributed by atoms with E-state index in [1.807, 2.05) is 24.3 Å². The van der Waals surface area contributed by atoms with Crippen molar-refractivity contribution in [1.29, 1.82) is 0 Å². The third-order valence-corrected chi connectivity index (χ3v) is 5.54. The zero-order chi connectivity index (χ0) is 20.5. The summed E-state index contributed by atoms with van der Waals surface area (Å²) >= 11 is 7.32. The molecule has 0 saturated heterocycles. The Balaban J connectivity index is 1.31. The van der Waals surface area contributed by atoms with Crippen LogP contribution in [0.25, 0.3) is 21.9 Å². The average molecular weight is 436 g/mol. The Morgan fingerprint density at radius 1 is 1.10 bits per heavy atom. The van der Waals surface area contributed by atoms with E-state index in [2.05, 4.69) is 25.1 Å². The van der Waals surface area contributed by atoms with Crippen molar-refractivity contribution in [1.82, 2.24) is 25.1 Å². The van der Waals surface area contributed by atoms with Crippen LogP contribution >= 0.6 is 23.4 Å². The Hall–Kier alpha value is -3.36. The lowest BCUT2D eigenvalue weighted by Crippen LogP contribution is -2.03. The summed E-state index contributed by atoms with van der Waals surface area (Å²) in [5, 5.41) is 9.14. The highest BCUT2D eigenvalue weighted by Gasteiger charge is 2.16. The number of benzene rings is 2. The zero-order valence-electron chi connectivity index (χ0n) is 15.4. The van der Waals surface area contributed by atoms with Gasteiger partial charge in [0.2, 0.25) is 0 Å². The summed E-state index contributed by atoms with van der Waals surface area (Å²) in [6.07, 6.45) is 3.32. The van der Waals surface area contributed by atoms with Crippen molar-refractivity contribution in [2.24, 2.45) is 0 Å². The molecule has 0 atom stereocenters. The fourth-order valence-corrected chi connectivity index (χ4v) is 3.96. The zero-order valence-corrected chi connectivity index (χ0v) is 17.0. The number of aromatic amines is 2. The van der Waals surface area contributed by atoms with Crippen LogP contribution in [0, 0.1) is 0 Å². The Bertz CT molecular complexity index is 1370. The number of Topliss-reactive ketones (excluding diaryl/α,β-unsaturated/α-hetero) is 1. The van der Waals surface area contributed by atoms with E-state index in [1.165, 1.54) is 11.8 Å². The lowest BCUT2D eigenvalue weighted by Gasteiger charge is -2.04. The molecule has 7 nitrogen and oxygen atoms in total. The molecule has 2 N–H and O–H groups in total. The minimum absolute atomic E-state index is 0.0920. The van der Waals surface area contributed by atoms with Gasteiger partial charge in [0.25, 0.3) is 0 Å². The number of ketones is 1. The highest BCUT2D eigenvalue weighted by molar-refractivity contribution is 7.99. The first-order valence-electron chi connectivity index (χ1n) is 9.03. The molecular formula is C21H14ClN5O2S. The van der Waals surface area contributed by atoms with Crippen LogP contribution in [0.2, 0.25) is 5.02 Å². The molecule has 0 fully saturated rings. The predicted octanol–water partition coefficient (Wildman–Crippen LogP) is 5.25. The minimum atomic E-state index is -0.0920. The third-order valence-electron chi connectivity index (χ3n) is 4.43. The van der Waals surface area contributed by atoms with E-state index >= 15 is 0 Å². The second kappa shape index (κ2) is 7.81. The molecule has 30 heavy (non-hydrogen) atoms.